The number of amides is 4. The summed E-state index contributed by atoms with van der Waals surface area (Å²) in [6, 6.07) is 4.48. The van der Waals surface area contributed by atoms with Gasteiger partial charge in [-0.05, 0) is 35.6 Å². The number of nitrogens with two attached hydrogens (primary N) is 1. The minimum atomic E-state index is -1.46. The van der Waals surface area contributed by atoms with Gasteiger partial charge in [-0.2, -0.15) is 0 Å². The Labute approximate surface area is 281 Å². The normalized spacial score (nSPS) is 14.3. The molecule has 0 saturated carbocycles. The minimum absolute atomic E-state index is 0.0130. The number of carbonyl (C=O) groups is 5. The standard InChI is InChI=1S/C33H41N9O7/c1-18(2)28(33(48)49)42-31(46)25(11-20-14-37-24-8-4-3-7-22(20)24)39-30(45)26(12-21-15-36-17-38-21)40-32(47)27(16-43)41-29(44)23(34)10-19-6-5-9-35-13-19/h3-9,13-15,17-18,23,25-28,37,43H,10-12,16,34H2,1-2H3,(H,36,38)(H,39,45)(H,40,47)(H,41,44)(H,42,46)(H,48,49)/t23-,25-,26-,27-,28-/m0/s1. The summed E-state index contributed by atoms with van der Waals surface area (Å²) in [5.41, 5.74) is 8.68. The van der Waals surface area contributed by atoms with Gasteiger partial charge in [-0.3, -0.25) is 24.2 Å². The number of nitrogens with one attached hydrogen (secondary N) is 6. The molecule has 16 heteroatoms. The van der Waals surface area contributed by atoms with E-state index in [-0.39, 0.29) is 19.3 Å². The number of fused-ring (bicyclic) bond motifs is 1. The molecule has 4 rings (SSSR count). The summed E-state index contributed by atoms with van der Waals surface area (Å²) in [7, 11) is 0. The van der Waals surface area contributed by atoms with Gasteiger partial charge in [0.2, 0.25) is 23.6 Å². The molecule has 0 bridgehead atoms. The molecule has 0 radical (unpaired) electrons. The molecule has 10 N–H and O–H groups in total. The molecule has 4 amide bonds. The van der Waals surface area contributed by atoms with Crippen molar-refractivity contribution in [3.63, 3.8) is 0 Å². The lowest BCUT2D eigenvalue weighted by Crippen LogP contribution is -2.60. The number of benzene rings is 1. The molecular formula is C33H41N9O7. The van der Waals surface area contributed by atoms with Gasteiger partial charge in [0.1, 0.15) is 24.2 Å². The van der Waals surface area contributed by atoms with Crippen LogP contribution in [0.1, 0.15) is 30.7 Å². The number of hydrogen-bond acceptors (Lipinski definition) is 9. The zero-order valence-corrected chi connectivity index (χ0v) is 27.1. The topological polar surface area (TPSA) is 257 Å². The van der Waals surface area contributed by atoms with Crippen LogP contribution in [0.25, 0.3) is 10.9 Å². The van der Waals surface area contributed by atoms with Gasteiger partial charge in [0.15, 0.2) is 0 Å². The Morgan fingerprint density at radius 2 is 1.47 bits per heavy atom. The number of aliphatic hydroxyl groups excluding tert-OH is 1. The fourth-order valence-corrected chi connectivity index (χ4v) is 5.21. The van der Waals surface area contributed by atoms with Crippen molar-refractivity contribution in [2.75, 3.05) is 6.61 Å². The lowest BCUT2D eigenvalue weighted by atomic mass is 10.0. The predicted octanol–water partition coefficient (Wildman–Crippen LogP) is -0.687. The molecule has 1 aromatic carbocycles. The summed E-state index contributed by atoms with van der Waals surface area (Å²) < 4.78 is 0. The predicted molar refractivity (Wildman–Crippen MR) is 177 cm³/mol. The molecule has 3 aromatic heterocycles. The lowest BCUT2D eigenvalue weighted by molar-refractivity contribution is -0.143. The van der Waals surface area contributed by atoms with Crippen molar-refractivity contribution in [1.29, 1.82) is 0 Å². The number of carboxylic acids is 1. The Hall–Kier alpha value is -5.61. The van der Waals surface area contributed by atoms with E-state index in [1.165, 1.54) is 12.5 Å². The van der Waals surface area contributed by atoms with E-state index < -0.39 is 72.3 Å². The second-order valence-corrected chi connectivity index (χ2v) is 12.0. The van der Waals surface area contributed by atoms with E-state index in [0.29, 0.717) is 16.8 Å². The molecule has 260 valence electrons. The third-order valence-electron chi connectivity index (χ3n) is 7.91. The number of H-pyrrole nitrogens is 2. The maximum Gasteiger partial charge on any atom is 0.326 e. The second-order valence-electron chi connectivity index (χ2n) is 12.0. The van der Waals surface area contributed by atoms with Gasteiger partial charge in [-0.15, -0.1) is 0 Å². The number of hydrogen-bond donors (Lipinski definition) is 9. The van der Waals surface area contributed by atoms with Crippen LogP contribution in [0.2, 0.25) is 0 Å². The van der Waals surface area contributed by atoms with Crippen LogP contribution in [0.15, 0.2) is 67.5 Å². The van der Waals surface area contributed by atoms with Crippen molar-refractivity contribution in [2.45, 2.75) is 63.3 Å². The average molecular weight is 676 g/mol. The van der Waals surface area contributed by atoms with Crippen molar-refractivity contribution in [3.05, 3.63) is 84.3 Å². The molecule has 0 fully saturated rings. The largest absolute Gasteiger partial charge is 0.480 e. The zero-order valence-electron chi connectivity index (χ0n) is 27.1. The van der Waals surface area contributed by atoms with Gasteiger partial charge in [0.25, 0.3) is 0 Å². The number of rotatable bonds is 17. The summed E-state index contributed by atoms with van der Waals surface area (Å²) in [4.78, 5) is 79.5. The van der Waals surface area contributed by atoms with Crippen LogP contribution in [0, 0.1) is 5.92 Å². The van der Waals surface area contributed by atoms with E-state index in [0.717, 1.165) is 10.9 Å². The van der Waals surface area contributed by atoms with Crippen LogP contribution in [0.4, 0.5) is 0 Å². The summed E-state index contributed by atoms with van der Waals surface area (Å²) in [6.45, 7) is 2.49. The number of carbonyl (C=O) groups excluding carboxylic acids is 4. The molecule has 0 spiro atoms. The highest BCUT2D eigenvalue weighted by atomic mass is 16.4. The van der Waals surface area contributed by atoms with Gasteiger partial charge >= 0.3 is 5.97 Å². The molecular weight excluding hydrogens is 634 g/mol. The van der Waals surface area contributed by atoms with Crippen LogP contribution in [0.5, 0.6) is 0 Å². The Kier molecular flexibility index (Phi) is 12.6. The highest BCUT2D eigenvalue weighted by molar-refractivity contribution is 5.96. The van der Waals surface area contributed by atoms with Crippen molar-refractivity contribution >= 4 is 40.5 Å². The fourth-order valence-electron chi connectivity index (χ4n) is 5.21. The fraction of sp³-hybridized carbons (Fsp3) is 0.364. The smallest absolute Gasteiger partial charge is 0.326 e. The number of carboxylic acid groups (broad SMARTS) is 1. The number of aliphatic carboxylic acids is 1. The van der Waals surface area contributed by atoms with Crippen molar-refractivity contribution in [2.24, 2.45) is 11.7 Å². The monoisotopic (exact) mass is 675 g/mol. The maximum absolute atomic E-state index is 13.9. The summed E-state index contributed by atoms with van der Waals surface area (Å²) in [6.07, 6.45) is 7.68. The minimum Gasteiger partial charge on any atom is -0.480 e. The average Bonchev–Trinajstić information content (AvgIpc) is 3.75. The molecule has 0 saturated heterocycles. The molecule has 0 aliphatic heterocycles. The number of pyridine rings is 1. The second kappa shape index (κ2) is 17.0. The Bertz CT molecular complexity index is 1730. The third kappa shape index (κ3) is 9.94. The number of para-hydroxylation sites is 1. The van der Waals surface area contributed by atoms with Gasteiger partial charge in [-0.25, -0.2) is 9.78 Å². The Morgan fingerprint density at radius 3 is 2.10 bits per heavy atom. The molecule has 4 aromatic rings. The number of imidazole rings is 1. The lowest BCUT2D eigenvalue weighted by Gasteiger charge is -2.26. The van der Waals surface area contributed by atoms with Crippen LogP contribution in [-0.4, -0.2) is 96.6 Å². The number of aromatic amines is 2. The quantitative estimate of drug-likeness (QED) is 0.0681. The summed E-state index contributed by atoms with van der Waals surface area (Å²) in [5.74, 6) is -4.80. The van der Waals surface area contributed by atoms with Gasteiger partial charge < -0.3 is 47.2 Å². The van der Waals surface area contributed by atoms with E-state index in [4.69, 9.17) is 5.73 Å². The zero-order chi connectivity index (χ0) is 35.5. The highest BCUT2D eigenvalue weighted by Gasteiger charge is 2.33. The summed E-state index contributed by atoms with van der Waals surface area (Å²) >= 11 is 0. The number of aromatic nitrogens is 4. The van der Waals surface area contributed by atoms with E-state index >= 15 is 0 Å². The molecule has 16 nitrogen and oxygen atoms in total. The van der Waals surface area contributed by atoms with E-state index in [1.807, 2.05) is 24.3 Å². The van der Waals surface area contributed by atoms with Crippen LogP contribution in [0.3, 0.4) is 0 Å². The molecule has 3 heterocycles. The first kappa shape index (κ1) is 36.2. The van der Waals surface area contributed by atoms with Crippen LogP contribution < -0.4 is 27.0 Å². The van der Waals surface area contributed by atoms with Gasteiger partial charge in [-0.1, -0.05) is 38.1 Å². The van der Waals surface area contributed by atoms with E-state index in [2.05, 4.69) is 41.2 Å². The molecule has 5 atom stereocenters. The van der Waals surface area contributed by atoms with Crippen molar-refractivity contribution in [3.8, 4) is 0 Å². The van der Waals surface area contributed by atoms with Crippen molar-refractivity contribution in [1.82, 2.24) is 41.2 Å². The van der Waals surface area contributed by atoms with E-state index in [9.17, 15) is 34.2 Å². The van der Waals surface area contributed by atoms with Crippen LogP contribution >= 0.6 is 0 Å². The molecule has 0 unspecified atom stereocenters. The summed E-state index contributed by atoms with van der Waals surface area (Å²) in [5, 5.41) is 30.7. The van der Waals surface area contributed by atoms with Gasteiger partial charge in [0, 0.05) is 54.2 Å². The highest BCUT2D eigenvalue weighted by Crippen LogP contribution is 2.19. The Morgan fingerprint density at radius 1 is 0.796 bits per heavy atom. The SMILES string of the molecule is CC(C)[C@H](NC(=O)[C@H](Cc1c[nH]c2ccccc12)NC(=O)[C@H](Cc1cnc[nH]1)NC(=O)[C@H](CO)NC(=O)[C@@H](N)Cc1cccnc1)C(=O)O. The van der Waals surface area contributed by atoms with Crippen molar-refractivity contribution < 1.29 is 34.2 Å². The van der Waals surface area contributed by atoms with Gasteiger partial charge in [0.05, 0.1) is 19.0 Å². The number of aliphatic hydroxyl groups is 1. The number of nitrogens with zero attached hydrogens (tertiary/aromatic N) is 2. The van der Waals surface area contributed by atoms with Crippen LogP contribution in [-0.2, 0) is 43.2 Å². The van der Waals surface area contributed by atoms with E-state index in [1.54, 1.807) is 44.6 Å². The molecule has 49 heavy (non-hydrogen) atoms. The Balaban J connectivity index is 1.54. The molecule has 0 aliphatic rings. The third-order valence-corrected chi connectivity index (χ3v) is 7.91. The molecule has 0 aliphatic carbocycles. The first-order valence-electron chi connectivity index (χ1n) is 15.7. The first-order chi connectivity index (χ1) is 23.5. The first-order valence-corrected chi connectivity index (χ1v) is 15.7. The maximum atomic E-state index is 13.9.